The molecule has 3 aliphatic rings. The van der Waals surface area contributed by atoms with E-state index in [9.17, 15) is 4.79 Å². The van der Waals surface area contributed by atoms with Gasteiger partial charge in [-0.3, -0.25) is 9.69 Å². The van der Waals surface area contributed by atoms with Gasteiger partial charge in [0.25, 0.3) is 0 Å². The van der Waals surface area contributed by atoms with Crippen molar-refractivity contribution in [2.24, 2.45) is 5.73 Å². The number of nitrogens with one attached hydrogen (secondary N) is 1. The van der Waals surface area contributed by atoms with E-state index in [1.807, 2.05) is 0 Å². The third-order valence-corrected chi connectivity index (χ3v) is 5.31. The van der Waals surface area contributed by atoms with Gasteiger partial charge in [-0.25, -0.2) is 0 Å². The van der Waals surface area contributed by atoms with Gasteiger partial charge in [-0.2, -0.15) is 0 Å². The molecule has 0 spiro atoms. The topological polar surface area (TPSA) is 58.4 Å². The molecular weight excluding hydrogens is 238 g/mol. The lowest BCUT2D eigenvalue weighted by Gasteiger charge is -2.33. The Bertz CT molecular complexity index is 338. The molecule has 0 aromatic carbocycles. The van der Waals surface area contributed by atoms with Crippen molar-refractivity contribution in [2.45, 2.75) is 75.4 Å². The average molecular weight is 265 g/mol. The number of nitrogens with zero attached hydrogens (tertiary/aromatic N) is 1. The van der Waals surface area contributed by atoms with E-state index < -0.39 is 0 Å². The lowest BCUT2D eigenvalue weighted by molar-refractivity contribution is -0.123. The van der Waals surface area contributed by atoms with Crippen LogP contribution in [0, 0.1) is 0 Å². The Balaban J connectivity index is 1.52. The van der Waals surface area contributed by atoms with Crippen molar-refractivity contribution >= 4 is 5.91 Å². The number of piperidine rings is 1. The first-order valence-electron chi connectivity index (χ1n) is 7.99. The largest absolute Gasteiger partial charge is 0.352 e. The van der Waals surface area contributed by atoms with Crippen molar-refractivity contribution in [3.63, 3.8) is 0 Å². The minimum atomic E-state index is -0.213. The maximum Gasteiger partial charge on any atom is 0.222 e. The summed E-state index contributed by atoms with van der Waals surface area (Å²) in [7, 11) is 0. The van der Waals surface area contributed by atoms with Gasteiger partial charge < -0.3 is 11.1 Å². The van der Waals surface area contributed by atoms with Gasteiger partial charge in [0.15, 0.2) is 0 Å². The fourth-order valence-electron chi connectivity index (χ4n) is 4.25. The summed E-state index contributed by atoms with van der Waals surface area (Å²) in [5, 5.41) is 3.27. The van der Waals surface area contributed by atoms with Crippen molar-refractivity contribution in [1.82, 2.24) is 10.2 Å². The summed E-state index contributed by atoms with van der Waals surface area (Å²) in [5.41, 5.74) is 6.08. The molecule has 3 fully saturated rings. The smallest absolute Gasteiger partial charge is 0.222 e. The highest BCUT2D eigenvalue weighted by Gasteiger charge is 2.38. The second kappa shape index (κ2) is 5.41. The molecule has 0 aromatic rings. The van der Waals surface area contributed by atoms with Gasteiger partial charge in [0.2, 0.25) is 5.91 Å². The minimum Gasteiger partial charge on any atom is -0.352 e. The van der Waals surface area contributed by atoms with Crippen LogP contribution < -0.4 is 11.1 Å². The molecule has 2 atom stereocenters. The first-order valence-corrected chi connectivity index (χ1v) is 7.99. The van der Waals surface area contributed by atoms with Gasteiger partial charge in [0.05, 0.1) is 0 Å². The molecule has 4 nitrogen and oxygen atoms in total. The highest BCUT2D eigenvalue weighted by Crippen LogP contribution is 2.31. The summed E-state index contributed by atoms with van der Waals surface area (Å²) in [5.74, 6) is 0.182. The first-order chi connectivity index (χ1) is 9.16. The zero-order chi connectivity index (χ0) is 13.3. The molecule has 2 saturated heterocycles. The van der Waals surface area contributed by atoms with Gasteiger partial charge in [-0.15, -0.1) is 0 Å². The van der Waals surface area contributed by atoms with Crippen LogP contribution in [0.1, 0.15) is 57.8 Å². The summed E-state index contributed by atoms with van der Waals surface area (Å²) < 4.78 is 0. The van der Waals surface area contributed by atoms with Crippen LogP contribution in [0.2, 0.25) is 0 Å². The molecule has 1 amide bonds. The predicted octanol–water partition coefficient (Wildman–Crippen LogP) is 1.39. The van der Waals surface area contributed by atoms with E-state index in [4.69, 9.17) is 5.73 Å². The van der Waals surface area contributed by atoms with Crippen LogP contribution in [0.25, 0.3) is 0 Å². The lowest BCUT2D eigenvalue weighted by atomic mass is 9.93. The summed E-state index contributed by atoms with van der Waals surface area (Å²) in [6.07, 6.45) is 9.93. The number of fused-ring (bicyclic) bond motifs is 1. The predicted molar refractivity (Wildman–Crippen MR) is 75.8 cm³/mol. The second-order valence-corrected chi connectivity index (χ2v) is 6.81. The lowest BCUT2D eigenvalue weighted by Crippen LogP contribution is -2.49. The fourth-order valence-corrected chi connectivity index (χ4v) is 4.25. The third kappa shape index (κ3) is 2.95. The van der Waals surface area contributed by atoms with Gasteiger partial charge in [-0.05, 0) is 38.6 Å². The molecule has 19 heavy (non-hydrogen) atoms. The van der Waals surface area contributed by atoms with E-state index in [0.29, 0.717) is 18.5 Å². The van der Waals surface area contributed by atoms with E-state index in [2.05, 4.69) is 10.2 Å². The molecule has 0 bridgehead atoms. The monoisotopic (exact) mass is 265 g/mol. The number of hydrogen-bond acceptors (Lipinski definition) is 3. The Kier molecular flexibility index (Phi) is 3.81. The third-order valence-electron chi connectivity index (χ3n) is 5.31. The van der Waals surface area contributed by atoms with E-state index >= 15 is 0 Å². The Morgan fingerprint density at radius 3 is 2.74 bits per heavy atom. The van der Waals surface area contributed by atoms with E-state index in [-0.39, 0.29) is 11.4 Å². The standard InChI is InChI=1S/C15H27N3O/c16-15(7-2-3-8-15)11-14(19)17-12-6-10-18-9-4-1-5-13(12)18/h12-13H,1-11,16H2,(H,17,19). The molecule has 3 rings (SSSR count). The van der Waals surface area contributed by atoms with Crippen molar-refractivity contribution in [1.29, 1.82) is 0 Å². The van der Waals surface area contributed by atoms with Crippen molar-refractivity contribution in [3.8, 4) is 0 Å². The SMILES string of the molecule is NC1(CC(=O)NC2CCN3CCCCC23)CCCC1. The Morgan fingerprint density at radius 2 is 1.95 bits per heavy atom. The quantitative estimate of drug-likeness (QED) is 0.811. The molecule has 108 valence electrons. The van der Waals surface area contributed by atoms with Crippen molar-refractivity contribution < 1.29 is 4.79 Å². The molecule has 3 N–H and O–H groups in total. The highest BCUT2D eigenvalue weighted by atomic mass is 16.1. The number of nitrogens with two attached hydrogens (primary N) is 1. The minimum absolute atomic E-state index is 0.182. The molecule has 2 heterocycles. The van der Waals surface area contributed by atoms with Crippen LogP contribution in [-0.4, -0.2) is 41.5 Å². The van der Waals surface area contributed by atoms with Crippen LogP contribution >= 0.6 is 0 Å². The highest BCUT2D eigenvalue weighted by molar-refractivity contribution is 5.77. The number of carbonyl (C=O) groups is 1. The molecule has 1 saturated carbocycles. The Labute approximate surface area is 116 Å². The van der Waals surface area contributed by atoms with Crippen molar-refractivity contribution in [2.75, 3.05) is 13.1 Å². The molecule has 4 heteroatoms. The van der Waals surface area contributed by atoms with Gasteiger partial charge in [-0.1, -0.05) is 19.3 Å². The zero-order valence-corrected chi connectivity index (χ0v) is 11.9. The summed E-state index contributed by atoms with van der Waals surface area (Å²) in [6.45, 7) is 2.38. The molecule has 1 aliphatic carbocycles. The van der Waals surface area contributed by atoms with Crippen LogP contribution in [0.3, 0.4) is 0 Å². The van der Waals surface area contributed by atoms with E-state index in [1.165, 1.54) is 38.6 Å². The Hall–Kier alpha value is -0.610. The second-order valence-electron chi connectivity index (χ2n) is 6.81. The normalized spacial score (nSPS) is 34.2. The maximum absolute atomic E-state index is 12.2. The fraction of sp³-hybridized carbons (Fsp3) is 0.933. The number of amides is 1. The molecule has 2 aliphatic heterocycles. The van der Waals surface area contributed by atoms with E-state index in [1.54, 1.807) is 0 Å². The summed E-state index contributed by atoms with van der Waals surface area (Å²) >= 11 is 0. The number of hydrogen-bond donors (Lipinski definition) is 2. The van der Waals surface area contributed by atoms with Crippen LogP contribution in [0.15, 0.2) is 0 Å². The van der Waals surface area contributed by atoms with Gasteiger partial charge in [0.1, 0.15) is 0 Å². The molecule has 0 radical (unpaired) electrons. The van der Waals surface area contributed by atoms with Gasteiger partial charge >= 0.3 is 0 Å². The van der Waals surface area contributed by atoms with Crippen LogP contribution in [0.5, 0.6) is 0 Å². The number of carbonyl (C=O) groups excluding carboxylic acids is 1. The first kappa shape index (κ1) is 13.4. The summed E-state index contributed by atoms with van der Waals surface area (Å²) in [6, 6.07) is 0.966. The zero-order valence-electron chi connectivity index (χ0n) is 11.9. The van der Waals surface area contributed by atoms with Crippen LogP contribution in [-0.2, 0) is 4.79 Å². The molecular formula is C15H27N3O. The average Bonchev–Trinajstić information content (AvgIpc) is 2.97. The van der Waals surface area contributed by atoms with Crippen molar-refractivity contribution in [3.05, 3.63) is 0 Å². The number of rotatable bonds is 3. The maximum atomic E-state index is 12.2. The molecule has 2 unspecified atom stereocenters. The van der Waals surface area contributed by atoms with Crippen LogP contribution in [0.4, 0.5) is 0 Å². The van der Waals surface area contributed by atoms with Gasteiger partial charge in [0, 0.05) is 30.6 Å². The summed E-state index contributed by atoms with van der Waals surface area (Å²) in [4.78, 5) is 14.8. The Morgan fingerprint density at radius 1 is 1.16 bits per heavy atom. The van der Waals surface area contributed by atoms with E-state index in [0.717, 1.165) is 25.8 Å². The molecule has 0 aromatic heterocycles.